The summed E-state index contributed by atoms with van der Waals surface area (Å²) in [7, 11) is 0. The molecule has 0 aliphatic carbocycles. The highest BCUT2D eigenvalue weighted by Gasteiger charge is 2.04. The van der Waals surface area contributed by atoms with E-state index in [-0.39, 0.29) is 11.9 Å². The molecule has 96 valence electrons. The molecule has 0 radical (unpaired) electrons. The SMILES string of the molecule is CCOC(=O)C=Cc1ccc(C(=O)OCC)cc1. The monoisotopic (exact) mass is 248 g/mol. The van der Waals surface area contributed by atoms with Crippen LogP contribution in [-0.4, -0.2) is 25.2 Å². The molecule has 0 aromatic heterocycles. The van der Waals surface area contributed by atoms with Crippen LogP contribution in [0, 0.1) is 0 Å². The van der Waals surface area contributed by atoms with E-state index in [9.17, 15) is 9.59 Å². The first kappa shape index (κ1) is 14.0. The second kappa shape index (κ2) is 7.27. The van der Waals surface area contributed by atoms with Gasteiger partial charge in [-0.2, -0.15) is 0 Å². The molecule has 0 atom stereocenters. The molecule has 0 saturated heterocycles. The molecule has 1 rings (SSSR count). The first-order chi connectivity index (χ1) is 8.67. The third-order valence-electron chi connectivity index (χ3n) is 2.12. The fourth-order valence-corrected chi connectivity index (χ4v) is 1.30. The summed E-state index contributed by atoms with van der Waals surface area (Å²) in [6.07, 6.45) is 2.98. The van der Waals surface area contributed by atoms with Crippen LogP contribution in [0.5, 0.6) is 0 Å². The van der Waals surface area contributed by atoms with Gasteiger partial charge < -0.3 is 9.47 Å². The Hall–Kier alpha value is -2.10. The minimum atomic E-state index is -0.382. The van der Waals surface area contributed by atoms with E-state index in [1.165, 1.54) is 6.08 Å². The number of rotatable bonds is 5. The molecule has 0 fully saturated rings. The zero-order valence-electron chi connectivity index (χ0n) is 10.5. The molecule has 1 aromatic carbocycles. The second-order valence-corrected chi connectivity index (χ2v) is 3.43. The molecule has 0 aliphatic heterocycles. The Morgan fingerprint density at radius 3 is 2.22 bits per heavy atom. The van der Waals surface area contributed by atoms with E-state index in [1.807, 2.05) is 0 Å². The fraction of sp³-hybridized carbons (Fsp3) is 0.286. The van der Waals surface area contributed by atoms with Gasteiger partial charge in [-0.25, -0.2) is 9.59 Å². The Kier molecular flexibility index (Phi) is 5.64. The molecule has 0 saturated carbocycles. The number of carbonyl (C=O) groups is 2. The van der Waals surface area contributed by atoms with Crippen molar-refractivity contribution in [3.63, 3.8) is 0 Å². The zero-order valence-corrected chi connectivity index (χ0v) is 10.5. The van der Waals surface area contributed by atoms with Crippen molar-refractivity contribution in [1.29, 1.82) is 0 Å². The lowest BCUT2D eigenvalue weighted by Gasteiger charge is -2.01. The average molecular weight is 248 g/mol. The number of ether oxygens (including phenoxy) is 2. The molecule has 0 aliphatic rings. The molecule has 0 spiro atoms. The Balaban J connectivity index is 2.65. The average Bonchev–Trinajstić information content (AvgIpc) is 2.37. The normalized spacial score (nSPS) is 10.3. The van der Waals surface area contributed by atoms with Gasteiger partial charge in [-0.3, -0.25) is 0 Å². The Morgan fingerprint density at radius 1 is 1.06 bits per heavy atom. The third-order valence-corrected chi connectivity index (χ3v) is 2.12. The smallest absolute Gasteiger partial charge is 0.338 e. The molecule has 0 amide bonds. The van der Waals surface area contributed by atoms with E-state index < -0.39 is 0 Å². The minimum Gasteiger partial charge on any atom is -0.463 e. The number of hydrogen-bond acceptors (Lipinski definition) is 4. The quantitative estimate of drug-likeness (QED) is 0.593. The highest BCUT2D eigenvalue weighted by atomic mass is 16.5. The number of benzene rings is 1. The molecule has 1 aromatic rings. The van der Waals surface area contributed by atoms with Crippen molar-refractivity contribution in [2.45, 2.75) is 13.8 Å². The van der Waals surface area contributed by atoms with Crippen LogP contribution in [0.15, 0.2) is 30.3 Å². The van der Waals surface area contributed by atoms with Gasteiger partial charge in [-0.1, -0.05) is 12.1 Å². The minimum absolute atomic E-state index is 0.349. The number of carbonyl (C=O) groups excluding carboxylic acids is 2. The summed E-state index contributed by atoms with van der Waals surface area (Å²) >= 11 is 0. The zero-order chi connectivity index (χ0) is 13.4. The van der Waals surface area contributed by atoms with Gasteiger partial charge in [-0.15, -0.1) is 0 Å². The number of esters is 2. The van der Waals surface area contributed by atoms with Crippen molar-refractivity contribution in [1.82, 2.24) is 0 Å². The van der Waals surface area contributed by atoms with Gasteiger partial charge in [0.05, 0.1) is 18.8 Å². The lowest BCUT2D eigenvalue weighted by Crippen LogP contribution is -2.04. The van der Waals surface area contributed by atoms with Crippen LogP contribution in [0.3, 0.4) is 0 Å². The first-order valence-corrected chi connectivity index (χ1v) is 5.79. The summed E-state index contributed by atoms with van der Waals surface area (Å²) in [6.45, 7) is 4.21. The third kappa shape index (κ3) is 4.41. The topological polar surface area (TPSA) is 52.6 Å². The Morgan fingerprint density at radius 2 is 1.67 bits per heavy atom. The van der Waals surface area contributed by atoms with E-state index >= 15 is 0 Å². The number of hydrogen-bond donors (Lipinski definition) is 0. The van der Waals surface area contributed by atoms with Gasteiger partial charge in [-0.05, 0) is 37.6 Å². The van der Waals surface area contributed by atoms with Crippen LogP contribution < -0.4 is 0 Å². The maximum absolute atomic E-state index is 11.4. The first-order valence-electron chi connectivity index (χ1n) is 5.79. The van der Waals surface area contributed by atoms with Gasteiger partial charge in [0.25, 0.3) is 0 Å². The summed E-state index contributed by atoms with van der Waals surface area (Å²) in [5.41, 5.74) is 1.31. The summed E-state index contributed by atoms with van der Waals surface area (Å²) < 4.78 is 9.62. The van der Waals surface area contributed by atoms with Crippen LogP contribution in [0.1, 0.15) is 29.8 Å². The van der Waals surface area contributed by atoms with Gasteiger partial charge in [0, 0.05) is 6.08 Å². The van der Waals surface area contributed by atoms with E-state index in [0.29, 0.717) is 18.8 Å². The summed E-state index contributed by atoms with van der Waals surface area (Å²) in [6, 6.07) is 6.79. The van der Waals surface area contributed by atoms with Crippen LogP contribution >= 0.6 is 0 Å². The summed E-state index contributed by atoms with van der Waals surface area (Å²) in [5, 5.41) is 0. The van der Waals surface area contributed by atoms with Crippen LogP contribution in [0.25, 0.3) is 6.08 Å². The Bertz CT molecular complexity index is 432. The van der Waals surface area contributed by atoms with Crippen molar-refractivity contribution < 1.29 is 19.1 Å². The molecule has 4 heteroatoms. The van der Waals surface area contributed by atoms with Crippen molar-refractivity contribution in [3.8, 4) is 0 Å². The van der Waals surface area contributed by atoms with Gasteiger partial charge in [0.15, 0.2) is 0 Å². The standard InChI is InChI=1S/C14H16O4/c1-3-17-13(15)10-7-11-5-8-12(9-6-11)14(16)18-4-2/h5-10H,3-4H2,1-2H3. The second-order valence-electron chi connectivity index (χ2n) is 3.43. The lowest BCUT2D eigenvalue weighted by molar-refractivity contribution is -0.137. The lowest BCUT2D eigenvalue weighted by atomic mass is 10.1. The van der Waals surface area contributed by atoms with Crippen molar-refractivity contribution in [2.75, 3.05) is 13.2 Å². The largest absolute Gasteiger partial charge is 0.463 e. The van der Waals surface area contributed by atoms with E-state index in [2.05, 4.69) is 0 Å². The predicted octanol–water partition coefficient (Wildman–Crippen LogP) is 2.44. The molecular weight excluding hydrogens is 232 g/mol. The molecule has 4 nitrogen and oxygen atoms in total. The molecular formula is C14H16O4. The highest BCUT2D eigenvalue weighted by molar-refractivity contribution is 5.90. The van der Waals surface area contributed by atoms with Crippen molar-refractivity contribution in [2.24, 2.45) is 0 Å². The van der Waals surface area contributed by atoms with Crippen molar-refractivity contribution >= 4 is 18.0 Å². The fourth-order valence-electron chi connectivity index (χ4n) is 1.30. The maximum Gasteiger partial charge on any atom is 0.338 e. The highest BCUT2D eigenvalue weighted by Crippen LogP contribution is 2.07. The van der Waals surface area contributed by atoms with Crippen LogP contribution in [0.2, 0.25) is 0 Å². The van der Waals surface area contributed by atoms with Gasteiger partial charge >= 0.3 is 11.9 Å². The van der Waals surface area contributed by atoms with Gasteiger partial charge in [0.1, 0.15) is 0 Å². The van der Waals surface area contributed by atoms with E-state index in [1.54, 1.807) is 44.2 Å². The molecule has 18 heavy (non-hydrogen) atoms. The van der Waals surface area contributed by atoms with E-state index in [4.69, 9.17) is 9.47 Å². The molecule has 0 unspecified atom stereocenters. The van der Waals surface area contributed by atoms with Crippen LogP contribution in [0.4, 0.5) is 0 Å². The molecule has 0 N–H and O–H groups in total. The van der Waals surface area contributed by atoms with Crippen LogP contribution in [-0.2, 0) is 14.3 Å². The van der Waals surface area contributed by atoms with Gasteiger partial charge in [0.2, 0.25) is 0 Å². The van der Waals surface area contributed by atoms with Crippen molar-refractivity contribution in [3.05, 3.63) is 41.5 Å². The predicted molar refractivity (Wildman–Crippen MR) is 68.1 cm³/mol. The molecule has 0 heterocycles. The summed E-state index contributed by atoms with van der Waals surface area (Å²) in [5.74, 6) is -0.731. The summed E-state index contributed by atoms with van der Waals surface area (Å²) in [4.78, 5) is 22.5. The molecule has 0 bridgehead atoms. The maximum atomic E-state index is 11.4. The Labute approximate surface area is 106 Å². The van der Waals surface area contributed by atoms with E-state index in [0.717, 1.165) is 5.56 Å².